The molecule has 0 aliphatic heterocycles. The quantitative estimate of drug-likeness (QED) is 0.344. The van der Waals surface area contributed by atoms with Gasteiger partial charge < -0.3 is 0 Å². The molecule has 0 aromatic carbocycles. The van der Waals surface area contributed by atoms with E-state index in [2.05, 4.69) is 5.92 Å². The van der Waals surface area contributed by atoms with Crippen LogP contribution in [0, 0.1) is 12.3 Å². The molecular formula is C7H10. The lowest BCUT2D eigenvalue weighted by molar-refractivity contribution is 1.31. The third-order valence-electron chi connectivity index (χ3n) is 0.628. The molecule has 0 rings (SSSR count). The Morgan fingerprint density at radius 3 is 2.43 bits per heavy atom. The molecule has 0 fully saturated rings. The van der Waals surface area contributed by atoms with Crippen LogP contribution in [0.25, 0.3) is 0 Å². The Morgan fingerprint density at radius 1 is 1.71 bits per heavy atom. The average Bonchev–Trinajstić information content (AvgIpc) is 1.61. The summed E-state index contributed by atoms with van der Waals surface area (Å²) >= 11 is 0. The summed E-state index contributed by atoms with van der Waals surface area (Å²) in [6, 6.07) is 0. The molecule has 0 heterocycles. The summed E-state index contributed by atoms with van der Waals surface area (Å²) in [5, 5.41) is 0. The van der Waals surface area contributed by atoms with Gasteiger partial charge in [-0.15, -0.1) is 12.3 Å². The second-order valence-electron chi connectivity index (χ2n) is 1.69. The molecule has 0 saturated heterocycles. The van der Waals surface area contributed by atoms with Gasteiger partial charge in [0.05, 0.1) is 0 Å². The molecule has 0 radical (unpaired) electrons. The highest BCUT2D eigenvalue weighted by Gasteiger charge is 1.69. The van der Waals surface area contributed by atoms with E-state index in [0.29, 0.717) is 0 Å². The standard InChI is InChI=1S/C7H10/c1-4-5-6-7(2)3/h1,6H,5H2,2-3H3. The van der Waals surface area contributed by atoms with Gasteiger partial charge in [0.25, 0.3) is 0 Å². The Balaban J connectivity index is 3.32. The smallest absolute Gasteiger partial charge is 0.0269 e. The summed E-state index contributed by atoms with van der Waals surface area (Å²) in [5.74, 6) is 2.52. The van der Waals surface area contributed by atoms with Gasteiger partial charge in [0, 0.05) is 6.42 Å². The molecule has 38 valence electrons. The van der Waals surface area contributed by atoms with E-state index in [4.69, 9.17) is 6.42 Å². The van der Waals surface area contributed by atoms with Crippen molar-refractivity contribution in [3.63, 3.8) is 0 Å². The van der Waals surface area contributed by atoms with Gasteiger partial charge in [-0.3, -0.25) is 0 Å². The van der Waals surface area contributed by atoms with Gasteiger partial charge in [-0.2, -0.15) is 0 Å². The second-order valence-corrected chi connectivity index (χ2v) is 1.69. The van der Waals surface area contributed by atoms with Crippen LogP contribution in [-0.4, -0.2) is 0 Å². The highest BCUT2D eigenvalue weighted by atomic mass is 13.8. The largest absolute Gasteiger partial charge is 0.120 e. The molecule has 0 atom stereocenters. The van der Waals surface area contributed by atoms with Crippen LogP contribution in [-0.2, 0) is 0 Å². The summed E-state index contributed by atoms with van der Waals surface area (Å²) in [6.07, 6.45) is 7.78. The minimum Gasteiger partial charge on any atom is -0.120 e. The van der Waals surface area contributed by atoms with Gasteiger partial charge in [0.15, 0.2) is 0 Å². The van der Waals surface area contributed by atoms with E-state index in [1.54, 1.807) is 0 Å². The van der Waals surface area contributed by atoms with E-state index in [-0.39, 0.29) is 0 Å². The summed E-state index contributed by atoms with van der Waals surface area (Å²) in [7, 11) is 0. The van der Waals surface area contributed by atoms with Gasteiger partial charge in [0.2, 0.25) is 0 Å². The normalized spacial score (nSPS) is 7.00. The Bertz CT molecular complexity index is 97.7. The number of rotatable bonds is 1. The maximum Gasteiger partial charge on any atom is 0.0269 e. The van der Waals surface area contributed by atoms with Gasteiger partial charge in [0.1, 0.15) is 0 Å². The molecule has 0 heteroatoms. The molecule has 0 aliphatic rings. The maximum atomic E-state index is 4.98. The molecular weight excluding hydrogens is 84.1 g/mol. The fraction of sp³-hybridized carbons (Fsp3) is 0.429. The third-order valence-corrected chi connectivity index (χ3v) is 0.628. The van der Waals surface area contributed by atoms with E-state index in [9.17, 15) is 0 Å². The fourth-order valence-electron chi connectivity index (χ4n) is 0.263. The van der Waals surface area contributed by atoms with Crippen LogP contribution < -0.4 is 0 Å². The topological polar surface area (TPSA) is 0 Å². The van der Waals surface area contributed by atoms with E-state index in [1.807, 2.05) is 19.9 Å². The van der Waals surface area contributed by atoms with Crippen LogP contribution in [0.2, 0.25) is 0 Å². The molecule has 0 N–H and O–H groups in total. The van der Waals surface area contributed by atoms with Gasteiger partial charge in [-0.25, -0.2) is 0 Å². The van der Waals surface area contributed by atoms with Crippen molar-refractivity contribution in [3.8, 4) is 12.3 Å². The summed E-state index contributed by atoms with van der Waals surface area (Å²) in [5.41, 5.74) is 1.29. The lowest BCUT2D eigenvalue weighted by Crippen LogP contribution is -1.61. The zero-order valence-corrected chi connectivity index (χ0v) is 4.86. The number of hydrogen-bond acceptors (Lipinski definition) is 0. The summed E-state index contributed by atoms with van der Waals surface area (Å²) < 4.78 is 0. The van der Waals surface area contributed by atoms with Crippen molar-refractivity contribution in [1.82, 2.24) is 0 Å². The molecule has 0 spiro atoms. The molecule has 0 aromatic heterocycles. The van der Waals surface area contributed by atoms with Crippen molar-refractivity contribution >= 4 is 0 Å². The van der Waals surface area contributed by atoms with Crippen LogP contribution in [0.3, 0.4) is 0 Å². The lowest BCUT2D eigenvalue weighted by Gasteiger charge is -1.80. The molecule has 0 nitrogen and oxygen atoms in total. The minimum absolute atomic E-state index is 0.766. The van der Waals surface area contributed by atoms with Gasteiger partial charge in [-0.1, -0.05) is 11.6 Å². The van der Waals surface area contributed by atoms with Crippen molar-refractivity contribution in [2.24, 2.45) is 0 Å². The highest BCUT2D eigenvalue weighted by Crippen LogP contribution is 1.89. The Labute approximate surface area is 45.2 Å². The molecule has 0 saturated carbocycles. The van der Waals surface area contributed by atoms with E-state index in [0.717, 1.165) is 6.42 Å². The van der Waals surface area contributed by atoms with E-state index < -0.39 is 0 Å². The predicted molar refractivity (Wildman–Crippen MR) is 32.9 cm³/mol. The van der Waals surface area contributed by atoms with E-state index >= 15 is 0 Å². The first-order valence-electron chi connectivity index (χ1n) is 2.34. The van der Waals surface area contributed by atoms with Gasteiger partial charge in [-0.05, 0) is 13.8 Å². The maximum absolute atomic E-state index is 4.98. The van der Waals surface area contributed by atoms with Crippen LogP contribution in [0.5, 0.6) is 0 Å². The number of hydrogen-bond donors (Lipinski definition) is 0. The van der Waals surface area contributed by atoms with Crippen molar-refractivity contribution in [1.29, 1.82) is 0 Å². The zero-order chi connectivity index (χ0) is 5.70. The van der Waals surface area contributed by atoms with Crippen molar-refractivity contribution in [2.75, 3.05) is 0 Å². The molecule has 0 amide bonds. The predicted octanol–water partition coefficient (Wildman–Crippen LogP) is 1.98. The lowest BCUT2D eigenvalue weighted by atomic mass is 10.3. The van der Waals surface area contributed by atoms with Crippen molar-refractivity contribution in [2.45, 2.75) is 20.3 Å². The van der Waals surface area contributed by atoms with Crippen molar-refractivity contribution in [3.05, 3.63) is 11.6 Å². The number of terminal acetylenes is 1. The van der Waals surface area contributed by atoms with Crippen molar-refractivity contribution < 1.29 is 0 Å². The van der Waals surface area contributed by atoms with Crippen LogP contribution in [0.1, 0.15) is 20.3 Å². The Morgan fingerprint density at radius 2 is 2.29 bits per heavy atom. The first kappa shape index (κ1) is 6.30. The third kappa shape index (κ3) is 5.30. The Kier molecular flexibility index (Phi) is 3.14. The minimum atomic E-state index is 0.766. The average molecular weight is 94.2 g/mol. The summed E-state index contributed by atoms with van der Waals surface area (Å²) in [6.45, 7) is 4.08. The first-order valence-corrected chi connectivity index (χ1v) is 2.34. The van der Waals surface area contributed by atoms with Crippen LogP contribution in [0.4, 0.5) is 0 Å². The van der Waals surface area contributed by atoms with E-state index in [1.165, 1.54) is 5.57 Å². The molecule has 0 aromatic rings. The van der Waals surface area contributed by atoms with Crippen LogP contribution >= 0.6 is 0 Å². The molecule has 0 unspecified atom stereocenters. The molecule has 7 heavy (non-hydrogen) atoms. The SMILES string of the molecule is C#CCC=C(C)C. The highest BCUT2D eigenvalue weighted by molar-refractivity contribution is 5.01. The van der Waals surface area contributed by atoms with Gasteiger partial charge >= 0.3 is 0 Å². The molecule has 0 bridgehead atoms. The second kappa shape index (κ2) is 3.49. The molecule has 0 aliphatic carbocycles. The van der Waals surface area contributed by atoms with Crippen LogP contribution in [0.15, 0.2) is 11.6 Å². The first-order chi connectivity index (χ1) is 3.27. The monoisotopic (exact) mass is 94.1 g/mol. The number of allylic oxidation sites excluding steroid dienone is 2. The Hall–Kier alpha value is -0.700. The fourth-order valence-corrected chi connectivity index (χ4v) is 0.263. The summed E-state index contributed by atoms with van der Waals surface area (Å²) in [4.78, 5) is 0. The zero-order valence-electron chi connectivity index (χ0n) is 4.86.